The van der Waals surface area contributed by atoms with Crippen LogP contribution in [0.4, 0.5) is 11.4 Å². The van der Waals surface area contributed by atoms with Crippen LogP contribution in [0.15, 0.2) is 58.8 Å². The third-order valence-electron chi connectivity index (χ3n) is 4.21. The van der Waals surface area contributed by atoms with Gasteiger partial charge >= 0.3 is 0 Å². The van der Waals surface area contributed by atoms with Crippen LogP contribution < -0.4 is 9.64 Å². The fourth-order valence-corrected chi connectivity index (χ4v) is 2.61. The summed E-state index contributed by atoms with van der Waals surface area (Å²) in [5.74, 6) is 0.890. The van der Waals surface area contributed by atoms with E-state index in [9.17, 15) is 0 Å². The molecule has 0 atom stereocenters. The Morgan fingerprint density at radius 3 is 2.00 bits per heavy atom. The van der Waals surface area contributed by atoms with E-state index in [-0.39, 0.29) is 0 Å². The maximum absolute atomic E-state index is 5.77. The second-order valence-electron chi connectivity index (χ2n) is 6.98. The fraction of sp³-hybridized carbons (Fsp3) is 0.455. The Kier molecular flexibility index (Phi) is 8.84. The lowest BCUT2D eigenvalue weighted by atomic mass is 10.1. The summed E-state index contributed by atoms with van der Waals surface area (Å²) in [6.45, 7) is 4.16. The van der Waals surface area contributed by atoms with Crippen molar-refractivity contribution in [3.63, 3.8) is 0 Å². The topological polar surface area (TPSA) is 38.4 Å². The second-order valence-corrected chi connectivity index (χ2v) is 6.98. The van der Waals surface area contributed by atoms with Crippen molar-refractivity contribution < 1.29 is 9.64 Å². The maximum atomic E-state index is 5.77. The minimum absolute atomic E-state index is 0.762. The number of hydrogen-bond acceptors (Lipinski definition) is 3. The molecule has 26 heavy (non-hydrogen) atoms. The van der Waals surface area contributed by atoms with Gasteiger partial charge in [-0.1, -0.05) is 25.5 Å². The van der Waals surface area contributed by atoms with Gasteiger partial charge < -0.3 is 9.64 Å². The average molecular weight is 355 g/mol. The van der Waals surface area contributed by atoms with E-state index in [1.165, 1.54) is 36.3 Å². The molecule has 4 nitrogen and oxygen atoms in total. The summed E-state index contributed by atoms with van der Waals surface area (Å²) >= 11 is 0. The van der Waals surface area contributed by atoms with Gasteiger partial charge in [-0.15, -0.1) is 0 Å². The molecule has 4 heteroatoms. The first-order valence-electron chi connectivity index (χ1n) is 9.70. The highest BCUT2D eigenvalue weighted by atomic mass is 16.5. The molecule has 0 spiro atoms. The third kappa shape index (κ3) is 7.79. The van der Waals surface area contributed by atoms with Gasteiger partial charge in [-0.05, 0) is 67.6 Å². The summed E-state index contributed by atoms with van der Waals surface area (Å²) in [4.78, 5) is 1.48. The number of hydrogen-bond donors (Lipinski definition) is 1. The third-order valence-corrected chi connectivity index (χ3v) is 4.21. The first-order valence-corrected chi connectivity index (χ1v) is 9.70. The minimum atomic E-state index is 0.762. The van der Waals surface area contributed by atoms with E-state index in [1.807, 2.05) is 36.4 Å². The van der Waals surface area contributed by atoms with Crippen LogP contribution in [-0.4, -0.2) is 27.2 Å². The molecule has 1 N–H and O–H groups in total. The predicted molar refractivity (Wildman–Crippen MR) is 108 cm³/mol. The number of unbranched alkanes of at least 4 members (excludes halogenated alkanes) is 2. The van der Waals surface area contributed by atoms with Crippen LogP contribution in [0.2, 0.25) is 0 Å². The number of quaternary nitrogens is 1. The standard InChI is InChI=1S/C22H31N3O/c1-4-5-8-19-9-11-20(12-10-19)23-24-21-13-15-22(16-14-21)26-18-7-6-17-25(2)3/h9-16H,4-8,17-18H2,1-3H3/p+1. The van der Waals surface area contributed by atoms with Crippen molar-refractivity contribution in [3.8, 4) is 5.75 Å². The van der Waals surface area contributed by atoms with Crippen LogP contribution in [0, 0.1) is 0 Å². The SMILES string of the molecule is CCCCc1ccc(N=Nc2ccc(OCCCC[NH+](C)C)cc2)cc1. The molecule has 0 fully saturated rings. The van der Waals surface area contributed by atoms with Crippen molar-refractivity contribution in [2.75, 3.05) is 27.2 Å². The molecule has 0 amide bonds. The second kappa shape index (κ2) is 11.4. The number of azo groups is 1. The smallest absolute Gasteiger partial charge is 0.119 e. The van der Waals surface area contributed by atoms with Crippen LogP contribution in [0.5, 0.6) is 5.75 Å². The number of nitrogens with one attached hydrogen (secondary N) is 1. The molecule has 2 aromatic carbocycles. The van der Waals surface area contributed by atoms with Crippen LogP contribution in [0.3, 0.4) is 0 Å². The first kappa shape index (κ1) is 20.1. The van der Waals surface area contributed by atoms with Gasteiger partial charge in [-0.25, -0.2) is 0 Å². The van der Waals surface area contributed by atoms with E-state index < -0.39 is 0 Å². The highest BCUT2D eigenvalue weighted by Crippen LogP contribution is 2.22. The summed E-state index contributed by atoms with van der Waals surface area (Å²) in [7, 11) is 4.35. The number of ether oxygens (including phenoxy) is 1. The van der Waals surface area contributed by atoms with Gasteiger partial charge in [0.25, 0.3) is 0 Å². The van der Waals surface area contributed by atoms with E-state index in [4.69, 9.17) is 4.74 Å². The van der Waals surface area contributed by atoms with Crippen LogP contribution in [0.1, 0.15) is 38.2 Å². The van der Waals surface area contributed by atoms with Gasteiger partial charge in [0.15, 0.2) is 0 Å². The Labute approximate surface area is 157 Å². The monoisotopic (exact) mass is 354 g/mol. The molecule has 0 aliphatic carbocycles. The molecule has 0 aromatic heterocycles. The molecule has 2 rings (SSSR count). The highest BCUT2D eigenvalue weighted by Gasteiger charge is 1.98. The lowest BCUT2D eigenvalue weighted by molar-refractivity contribution is -0.858. The Morgan fingerprint density at radius 2 is 1.42 bits per heavy atom. The summed E-state index contributed by atoms with van der Waals surface area (Å²) < 4.78 is 5.77. The van der Waals surface area contributed by atoms with Gasteiger partial charge in [0, 0.05) is 0 Å². The molecule has 0 aliphatic rings. The molecular weight excluding hydrogens is 322 g/mol. The van der Waals surface area contributed by atoms with Crippen molar-refractivity contribution in [1.29, 1.82) is 0 Å². The van der Waals surface area contributed by atoms with E-state index in [2.05, 4.69) is 43.4 Å². The van der Waals surface area contributed by atoms with Crippen LogP contribution >= 0.6 is 0 Å². The Hall–Kier alpha value is -2.20. The van der Waals surface area contributed by atoms with Crippen LogP contribution in [-0.2, 0) is 6.42 Å². The van der Waals surface area contributed by atoms with Gasteiger partial charge in [-0.3, -0.25) is 0 Å². The summed E-state index contributed by atoms with van der Waals surface area (Å²) in [6.07, 6.45) is 5.85. The van der Waals surface area contributed by atoms with E-state index in [1.54, 1.807) is 0 Å². The van der Waals surface area contributed by atoms with E-state index in [0.29, 0.717) is 0 Å². The molecular formula is C22H32N3O+. The molecule has 2 aromatic rings. The maximum Gasteiger partial charge on any atom is 0.119 e. The number of nitrogens with zero attached hydrogens (tertiary/aromatic N) is 2. The van der Waals surface area contributed by atoms with Crippen molar-refractivity contribution in [2.45, 2.75) is 39.0 Å². The van der Waals surface area contributed by atoms with Gasteiger partial charge in [0.2, 0.25) is 0 Å². The van der Waals surface area contributed by atoms with Crippen molar-refractivity contribution >= 4 is 11.4 Å². The minimum Gasteiger partial charge on any atom is -0.494 e. The number of rotatable bonds is 11. The number of aryl methyl sites for hydroxylation is 1. The molecule has 0 unspecified atom stereocenters. The summed E-state index contributed by atoms with van der Waals surface area (Å²) in [5, 5.41) is 8.62. The van der Waals surface area contributed by atoms with E-state index in [0.717, 1.165) is 36.6 Å². The zero-order chi connectivity index (χ0) is 18.6. The quantitative estimate of drug-likeness (QED) is 0.459. The Balaban J connectivity index is 1.78. The molecule has 0 bridgehead atoms. The summed E-state index contributed by atoms with van der Waals surface area (Å²) in [5.41, 5.74) is 3.08. The molecule has 0 saturated heterocycles. The van der Waals surface area contributed by atoms with Gasteiger partial charge in [0.1, 0.15) is 5.75 Å². The molecule has 0 radical (unpaired) electrons. The molecule has 0 aliphatic heterocycles. The Morgan fingerprint density at radius 1 is 0.808 bits per heavy atom. The summed E-state index contributed by atoms with van der Waals surface area (Å²) in [6, 6.07) is 16.1. The highest BCUT2D eigenvalue weighted by molar-refractivity contribution is 5.43. The van der Waals surface area contributed by atoms with Crippen molar-refractivity contribution in [3.05, 3.63) is 54.1 Å². The largest absolute Gasteiger partial charge is 0.494 e. The van der Waals surface area contributed by atoms with Crippen molar-refractivity contribution in [2.24, 2.45) is 10.2 Å². The fourth-order valence-electron chi connectivity index (χ4n) is 2.61. The average Bonchev–Trinajstić information content (AvgIpc) is 2.66. The lowest BCUT2D eigenvalue weighted by Crippen LogP contribution is -3.05. The first-order chi connectivity index (χ1) is 12.7. The molecule has 0 heterocycles. The van der Waals surface area contributed by atoms with Gasteiger partial charge in [0.05, 0.1) is 38.6 Å². The number of benzene rings is 2. The zero-order valence-electron chi connectivity index (χ0n) is 16.4. The van der Waals surface area contributed by atoms with Crippen LogP contribution in [0.25, 0.3) is 0 Å². The van der Waals surface area contributed by atoms with Gasteiger partial charge in [-0.2, -0.15) is 10.2 Å². The van der Waals surface area contributed by atoms with E-state index >= 15 is 0 Å². The predicted octanol–water partition coefficient (Wildman–Crippen LogP) is 4.75. The normalized spacial score (nSPS) is 11.4. The molecule has 0 saturated carbocycles. The molecule has 140 valence electrons. The lowest BCUT2D eigenvalue weighted by Gasteiger charge is -2.08. The van der Waals surface area contributed by atoms with Crippen molar-refractivity contribution in [1.82, 2.24) is 0 Å². The zero-order valence-corrected chi connectivity index (χ0v) is 16.4. The Bertz CT molecular complexity index is 648.